The molecule has 0 bridgehead atoms. The van der Waals surface area contributed by atoms with E-state index in [-0.39, 0.29) is 5.41 Å². The number of hydrogen-bond donors (Lipinski definition) is 1. The van der Waals surface area contributed by atoms with E-state index in [1.54, 1.807) is 0 Å². The van der Waals surface area contributed by atoms with Gasteiger partial charge in [-0.05, 0) is 32.1 Å². The maximum absolute atomic E-state index is 5.85. The fraction of sp³-hybridized carbons (Fsp3) is 1.00. The van der Waals surface area contributed by atoms with Gasteiger partial charge in [0.2, 0.25) is 0 Å². The molecule has 1 aliphatic heterocycles. The maximum Gasteiger partial charge on any atom is 0.0655 e. The number of nitrogens with one attached hydrogen (secondary N) is 1. The van der Waals surface area contributed by atoms with E-state index in [1.807, 2.05) is 0 Å². The summed E-state index contributed by atoms with van der Waals surface area (Å²) in [5, 5.41) is 3.86. The van der Waals surface area contributed by atoms with Crippen LogP contribution >= 0.6 is 0 Å². The fourth-order valence-electron chi connectivity index (χ4n) is 3.38. The third-order valence-corrected chi connectivity index (χ3v) is 5.04. The molecule has 1 saturated carbocycles. The van der Waals surface area contributed by atoms with Crippen LogP contribution in [0.3, 0.4) is 0 Å². The van der Waals surface area contributed by atoms with Crippen molar-refractivity contribution < 1.29 is 9.47 Å². The maximum atomic E-state index is 5.85. The fourth-order valence-corrected chi connectivity index (χ4v) is 3.38. The molecule has 112 valence electrons. The quantitative estimate of drug-likeness (QED) is 0.832. The van der Waals surface area contributed by atoms with Crippen molar-refractivity contribution in [3.63, 3.8) is 0 Å². The number of rotatable bonds is 5. The molecule has 1 N–H and O–H groups in total. The topological polar surface area (TPSA) is 30.5 Å². The van der Waals surface area contributed by atoms with Crippen molar-refractivity contribution in [2.45, 2.75) is 78.2 Å². The van der Waals surface area contributed by atoms with Gasteiger partial charge in [0.1, 0.15) is 0 Å². The van der Waals surface area contributed by atoms with Crippen LogP contribution in [0.2, 0.25) is 0 Å². The van der Waals surface area contributed by atoms with E-state index in [1.165, 1.54) is 0 Å². The zero-order chi connectivity index (χ0) is 14.0. The van der Waals surface area contributed by atoms with Gasteiger partial charge in [0.25, 0.3) is 0 Å². The molecule has 0 aromatic carbocycles. The van der Waals surface area contributed by atoms with E-state index >= 15 is 0 Å². The van der Waals surface area contributed by atoms with Gasteiger partial charge in [0.15, 0.2) is 0 Å². The number of hydrogen-bond acceptors (Lipinski definition) is 3. The molecular formula is C16H31NO2. The summed E-state index contributed by atoms with van der Waals surface area (Å²) < 4.78 is 11.7. The Labute approximate surface area is 118 Å². The molecule has 0 aromatic heterocycles. The molecule has 4 unspecified atom stereocenters. The van der Waals surface area contributed by atoms with Gasteiger partial charge in [-0.2, -0.15) is 0 Å². The van der Waals surface area contributed by atoms with E-state index in [0.29, 0.717) is 30.2 Å². The van der Waals surface area contributed by atoms with Gasteiger partial charge < -0.3 is 14.8 Å². The Balaban J connectivity index is 1.82. The Bertz CT molecular complexity index is 290. The Kier molecular flexibility index (Phi) is 4.91. The summed E-state index contributed by atoms with van der Waals surface area (Å²) in [5.41, 5.74) is 0.266. The van der Waals surface area contributed by atoms with Crippen LogP contribution in [0.5, 0.6) is 0 Å². The third kappa shape index (κ3) is 3.32. The van der Waals surface area contributed by atoms with E-state index in [9.17, 15) is 0 Å². The SMILES string of the molecule is CCOC1CC(NC2CCOC(C(C)C)C2)C1(C)C. The number of ether oxygens (including phenoxy) is 2. The Morgan fingerprint density at radius 3 is 2.63 bits per heavy atom. The summed E-state index contributed by atoms with van der Waals surface area (Å²) in [5.74, 6) is 0.621. The summed E-state index contributed by atoms with van der Waals surface area (Å²) >= 11 is 0. The van der Waals surface area contributed by atoms with Gasteiger partial charge in [-0.1, -0.05) is 27.7 Å². The summed E-state index contributed by atoms with van der Waals surface area (Å²) in [4.78, 5) is 0. The summed E-state index contributed by atoms with van der Waals surface area (Å²) in [6, 6.07) is 1.22. The minimum absolute atomic E-state index is 0.266. The van der Waals surface area contributed by atoms with E-state index in [2.05, 4.69) is 39.9 Å². The van der Waals surface area contributed by atoms with Gasteiger partial charge in [-0.15, -0.1) is 0 Å². The lowest BCUT2D eigenvalue weighted by molar-refractivity contribution is -0.121. The monoisotopic (exact) mass is 269 g/mol. The average Bonchev–Trinajstić information content (AvgIpc) is 2.38. The summed E-state index contributed by atoms with van der Waals surface area (Å²) in [7, 11) is 0. The molecule has 0 spiro atoms. The molecule has 1 heterocycles. The van der Waals surface area contributed by atoms with Gasteiger partial charge >= 0.3 is 0 Å². The van der Waals surface area contributed by atoms with Crippen LogP contribution in [0.4, 0.5) is 0 Å². The second-order valence-corrected chi connectivity index (χ2v) is 7.09. The Hall–Kier alpha value is -0.120. The zero-order valence-corrected chi connectivity index (χ0v) is 13.2. The van der Waals surface area contributed by atoms with Crippen molar-refractivity contribution in [3.8, 4) is 0 Å². The lowest BCUT2D eigenvalue weighted by Gasteiger charge is -2.53. The molecule has 0 aromatic rings. The van der Waals surface area contributed by atoms with Crippen LogP contribution in [0, 0.1) is 11.3 Å². The molecule has 2 rings (SSSR count). The van der Waals surface area contributed by atoms with E-state index in [0.717, 1.165) is 32.5 Å². The highest BCUT2D eigenvalue weighted by Crippen LogP contribution is 2.43. The molecule has 2 aliphatic rings. The van der Waals surface area contributed by atoms with Gasteiger partial charge in [-0.3, -0.25) is 0 Å². The zero-order valence-electron chi connectivity index (χ0n) is 13.2. The molecule has 3 heteroatoms. The first-order valence-electron chi connectivity index (χ1n) is 7.94. The Morgan fingerprint density at radius 1 is 1.32 bits per heavy atom. The summed E-state index contributed by atoms with van der Waals surface area (Å²) in [6.07, 6.45) is 4.32. The average molecular weight is 269 g/mol. The van der Waals surface area contributed by atoms with E-state index < -0.39 is 0 Å². The van der Waals surface area contributed by atoms with Crippen molar-refractivity contribution in [1.82, 2.24) is 5.32 Å². The molecule has 1 saturated heterocycles. The second-order valence-electron chi connectivity index (χ2n) is 7.09. The van der Waals surface area contributed by atoms with Crippen LogP contribution < -0.4 is 5.32 Å². The van der Waals surface area contributed by atoms with Crippen LogP contribution in [-0.2, 0) is 9.47 Å². The predicted octanol–water partition coefficient (Wildman–Crippen LogP) is 2.98. The predicted molar refractivity (Wildman–Crippen MR) is 78.3 cm³/mol. The van der Waals surface area contributed by atoms with Crippen molar-refractivity contribution in [2.24, 2.45) is 11.3 Å². The third-order valence-electron chi connectivity index (χ3n) is 5.04. The first kappa shape index (κ1) is 15.3. The smallest absolute Gasteiger partial charge is 0.0655 e. The van der Waals surface area contributed by atoms with Crippen molar-refractivity contribution >= 4 is 0 Å². The van der Waals surface area contributed by atoms with Gasteiger partial charge in [0.05, 0.1) is 12.2 Å². The molecular weight excluding hydrogens is 238 g/mol. The first-order valence-corrected chi connectivity index (χ1v) is 7.94. The first-order chi connectivity index (χ1) is 8.95. The molecule has 2 fully saturated rings. The molecule has 3 nitrogen and oxygen atoms in total. The highest BCUT2D eigenvalue weighted by molar-refractivity contribution is 5.04. The summed E-state index contributed by atoms with van der Waals surface area (Å²) in [6.45, 7) is 13.0. The standard InChI is InChI=1S/C16H31NO2/c1-6-18-15-10-14(16(15,4)5)17-12-7-8-19-13(9-12)11(2)3/h11-15,17H,6-10H2,1-5H3. The minimum atomic E-state index is 0.266. The molecule has 19 heavy (non-hydrogen) atoms. The normalized spacial score (nSPS) is 38.2. The molecule has 0 radical (unpaired) electrons. The van der Waals surface area contributed by atoms with Crippen molar-refractivity contribution in [1.29, 1.82) is 0 Å². The molecule has 0 amide bonds. The lowest BCUT2D eigenvalue weighted by Crippen LogP contribution is -2.63. The van der Waals surface area contributed by atoms with Crippen LogP contribution in [0.15, 0.2) is 0 Å². The largest absolute Gasteiger partial charge is 0.378 e. The van der Waals surface area contributed by atoms with Crippen molar-refractivity contribution in [2.75, 3.05) is 13.2 Å². The highest BCUT2D eigenvalue weighted by Gasteiger charge is 2.49. The van der Waals surface area contributed by atoms with Gasteiger partial charge in [-0.25, -0.2) is 0 Å². The second kappa shape index (κ2) is 6.11. The highest BCUT2D eigenvalue weighted by atomic mass is 16.5. The van der Waals surface area contributed by atoms with Gasteiger partial charge in [0, 0.05) is 30.7 Å². The van der Waals surface area contributed by atoms with E-state index in [4.69, 9.17) is 9.47 Å². The van der Waals surface area contributed by atoms with Crippen LogP contribution in [0.25, 0.3) is 0 Å². The lowest BCUT2D eigenvalue weighted by atomic mass is 9.64. The van der Waals surface area contributed by atoms with Crippen LogP contribution in [-0.4, -0.2) is 37.5 Å². The molecule has 4 atom stereocenters. The molecule has 1 aliphatic carbocycles. The van der Waals surface area contributed by atoms with Crippen LogP contribution in [0.1, 0.15) is 53.9 Å². The van der Waals surface area contributed by atoms with Crippen molar-refractivity contribution in [3.05, 3.63) is 0 Å². The Morgan fingerprint density at radius 2 is 2.05 bits per heavy atom. The minimum Gasteiger partial charge on any atom is -0.378 e.